The number of oxazole rings is 1. The average Bonchev–Trinajstić information content (AvgIpc) is 2.89. The van der Waals surface area contributed by atoms with Crippen LogP contribution in [0.5, 0.6) is 0 Å². The molecule has 3 N–H and O–H groups in total. The second kappa shape index (κ2) is 5.44. The number of amides is 2. The number of rotatable bonds is 4. The van der Waals surface area contributed by atoms with E-state index in [1.165, 1.54) is 6.39 Å². The van der Waals surface area contributed by atoms with Crippen molar-refractivity contribution in [2.75, 3.05) is 6.54 Å². The van der Waals surface area contributed by atoms with Crippen molar-refractivity contribution in [2.45, 2.75) is 52.2 Å². The van der Waals surface area contributed by atoms with Crippen LogP contribution in [0.15, 0.2) is 10.8 Å². The van der Waals surface area contributed by atoms with Gasteiger partial charge in [-0.2, -0.15) is 0 Å². The fourth-order valence-electron chi connectivity index (χ4n) is 2.67. The second-order valence-electron chi connectivity index (χ2n) is 6.16. The van der Waals surface area contributed by atoms with Gasteiger partial charge in [0.15, 0.2) is 6.39 Å². The lowest BCUT2D eigenvalue weighted by atomic mass is 9.78. The molecule has 0 aromatic carbocycles. The smallest absolute Gasteiger partial charge is 0.315 e. The SMILES string of the molecule is Cc1ocnc1CNC(=O)NC[C@]1(O)CCCC1(C)C. The molecule has 20 heavy (non-hydrogen) atoms. The Bertz CT molecular complexity index is 484. The highest BCUT2D eigenvalue weighted by Crippen LogP contribution is 2.45. The first kappa shape index (κ1) is 14.8. The van der Waals surface area contributed by atoms with E-state index in [1.54, 1.807) is 6.92 Å². The molecular formula is C14H23N3O3. The number of nitrogens with one attached hydrogen (secondary N) is 2. The van der Waals surface area contributed by atoms with Crippen molar-refractivity contribution in [3.05, 3.63) is 17.8 Å². The first-order valence-corrected chi connectivity index (χ1v) is 6.97. The maximum Gasteiger partial charge on any atom is 0.315 e. The summed E-state index contributed by atoms with van der Waals surface area (Å²) in [5, 5.41) is 16.0. The lowest BCUT2D eigenvalue weighted by molar-refractivity contribution is -0.0385. The molecule has 1 saturated carbocycles. The Morgan fingerprint density at radius 3 is 2.75 bits per heavy atom. The molecule has 1 heterocycles. The van der Waals surface area contributed by atoms with Crippen molar-refractivity contribution in [3.63, 3.8) is 0 Å². The van der Waals surface area contributed by atoms with Gasteiger partial charge in [-0.3, -0.25) is 0 Å². The van der Waals surface area contributed by atoms with Crippen LogP contribution in [0.2, 0.25) is 0 Å². The summed E-state index contributed by atoms with van der Waals surface area (Å²) < 4.78 is 5.06. The quantitative estimate of drug-likeness (QED) is 0.784. The average molecular weight is 281 g/mol. The molecule has 1 atom stereocenters. The summed E-state index contributed by atoms with van der Waals surface area (Å²) in [5.41, 5.74) is -0.281. The van der Waals surface area contributed by atoms with E-state index < -0.39 is 5.60 Å². The number of aliphatic hydroxyl groups is 1. The molecule has 6 heteroatoms. The summed E-state index contributed by atoms with van der Waals surface area (Å²) in [7, 11) is 0. The van der Waals surface area contributed by atoms with Gasteiger partial charge in [-0.1, -0.05) is 13.8 Å². The number of aromatic nitrogens is 1. The van der Waals surface area contributed by atoms with Crippen molar-refractivity contribution in [1.82, 2.24) is 15.6 Å². The highest BCUT2D eigenvalue weighted by atomic mass is 16.3. The van der Waals surface area contributed by atoms with E-state index in [4.69, 9.17) is 4.42 Å². The van der Waals surface area contributed by atoms with Gasteiger partial charge in [0.25, 0.3) is 0 Å². The maximum absolute atomic E-state index is 11.8. The van der Waals surface area contributed by atoms with E-state index in [0.717, 1.165) is 19.3 Å². The predicted octanol–water partition coefficient (Wildman–Crippen LogP) is 1.72. The first-order valence-electron chi connectivity index (χ1n) is 6.97. The lowest BCUT2D eigenvalue weighted by Gasteiger charge is -2.36. The van der Waals surface area contributed by atoms with Gasteiger partial charge in [0.2, 0.25) is 0 Å². The monoisotopic (exact) mass is 281 g/mol. The maximum atomic E-state index is 11.8. The molecule has 0 bridgehead atoms. The van der Waals surface area contributed by atoms with E-state index in [9.17, 15) is 9.90 Å². The molecular weight excluding hydrogens is 258 g/mol. The first-order chi connectivity index (χ1) is 9.34. The molecule has 0 spiro atoms. The van der Waals surface area contributed by atoms with E-state index in [2.05, 4.69) is 15.6 Å². The minimum Gasteiger partial charge on any atom is -0.448 e. The Labute approximate surface area is 119 Å². The summed E-state index contributed by atoms with van der Waals surface area (Å²) in [6, 6.07) is -0.302. The van der Waals surface area contributed by atoms with Gasteiger partial charge < -0.3 is 20.2 Å². The fraction of sp³-hybridized carbons (Fsp3) is 0.714. The Morgan fingerprint density at radius 2 is 2.20 bits per heavy atom. The van der Waals surface area contributed by atoms with Crippen LogP contribution in [0.1, 0.15) is 44.6 Å². The molecule has 1 aromatic heterocycles. The van der Waals surface area contributed by atoms with Crippen molar-refractivity contribution in [1.29, 1.82) is 0 Å². The zero-order valence-electron chi connectivity index (χ0n) is 12.3. The van der Waals surface area contributed by atoms with Gasteiger partial charge in [-0.15, -0.1) is 0 Å². The topological polar surface area (TPSA) is 87.4 Å². The number of hydrogen-bond donors (Lipinski definition) is 3. The molecule has 2 rings (SSSR count). The molecule has 0 saturated heterocycles. The Morgan fingerprint density at radius 1 is 1.45 bits per heavy atom. The second-order valence-corrected chi connectivity index (χ2v) is 6.16. The summed E-state index contributed by atoms with van der Waals surface area (Å²) in [5.74, 6) is 0.695. The van der Waals surface area contributed by atoms with Gasteiger partial charge in [0.05, 0.1) is 12.1 Å². The van der Waals surface area contributed by atoms with Crippen LogP contribution in [0, 0.1) is 12.3 Å². The van der Waals surface area contributed by atoms with E-state index >= 15 is 0 Å². The largest absolute Gasteiger partial charge is 0.448 e. The number of aryl methyl sites for hydroxylation is 1. The van der Waals surface area contributed by atoms with Gasteiger partial charge in [0.1, 0.15) is 11.5 Å². The van der Waals surface area contributed by atoms with Crippen molar-refractivity contribution in [3.8, 4) is 0 Å². The van der Waals surface area contributed by atoms with Crippen LogP contribution in [-0.2, 0) is 6.54 Å². The minimum absolute atomic E-state index is 0.164. The van der Waals surface area contributed by atoms with E-state index in [0.29, 0.717) is 18.0 Å². The molecule has 0 aliphatic heterocycles. The third kappa shape index (κ3) is 2.95. The van der Waals surface area contributed by atoms with Gasteiger partial charge >= 0.3 is 6.03 Å². The third-order valence-corrected chi connectivity index (χ3v) is 4.45. The molecule has 1 aromatic rings. The molecule has 112 valence electrons. The van der Waals surface area contributed by atoms with Crippen LogP contribution >= 0.6 is 0 Å². The highest BCUT2D eigenvalue weighted by molar-refractivity contribution is 5.73. The number of carbonyl (C=O) groups excluding carboxylic acids is 1. The van der Waals surface area contributed by atoms with Crippen molar-refractivity contribution < 1.29 is 14.3 Å². The van der Waals surface area contributed by atoms with Gasteiger partial charge in [0, 0.05) is 6.54 Å². The highest BCUT2D eigenvalue weighted by Gasteiger charge is 2.47. The molecule has 2 amide bonds. The zero-order chi connectivity index (χ0) is 14.8. The fourth-order valence-corrected chi connectivity index (χ4v) is 2.67. The zero-order valence-corrected chi connectivity index (χ0v) is 12.3. The summed E-state index contributed by atoms with van der Waals surface area (Å²) >= 11 is 0. The van der Waals surface area contributed by atoms with E-state index in [-0.39, 0.29) is 18.0 Å². The molecule has 0 radical (unpaired) electrons. The van der Waals surface area contributed by atoms with Crippen molar-refractivity contribution in [2.24, 2.45) is 5.41 Å². The van der Waals surface area contributed by atoms with Crippen molar-refractivity contribution >= 4 is 6.03 Å². The molecule has 1 aliphatic rings. The Hall–Kier alpha value is -1.56. The molecule has 1 fully saturated rings. The standard InChI is InChI=1S/C14H23N3O3/c1-10-11(17-9-20-10)7-15-12(18)16-8-14(19)6-4-5-13(14,2)3/h9,19H,4-8H2,1-3H3,(H2,15,16,18)/t14-/m1/s1. The van der Waals surface area contributed by atoms with Crippen LogP contribution in [0.3, 0.4) is 0 Å². The minimum atomic E-state index is -0.825. The van der Waals surface area contributed by atoms with Crippen LogP contribution in [0.4, 0.5) is 4.79 Å². The van der Waals surface area contributed by atoms with Gasteiger partial charge in [-0.25, -0.2) is 9.78 Å². The number of hydrogen-bond acceptors (Lipinski definition) is 4. The summed E-state index contributed by atoms with van der Waals surface area (Å²) in [6.45, 7) is 6.46. The van der Waals surface area contributed by atoms with Crippen LogP contribution in [0.25, 0.3) is 0 Å². The Balaban J connectivity index is 1.80. The third-order valence-electron chi connectivity index (χ3n) is 4.45. The number of carbonyl (C=O) groups is 1. The molecule has 6 nitrogen and oxygen atoms in total. The van der Waals surface area contributed by atoms with E-state index in [1.807, 2.05) is 13.8 Å². The van der Waals surface area contributed by atoms with Crippen LogP contribution in [-0.4, -0.2) is 28.3 Å². The number of nitrogens with zero attached hydrogens (tertiary/aromatic N) is 1. The normalized spacial score (nSPS) is 24.6. The predicted molar refractivity (Wildman–Crippen MR) is 74.1 cm³/mol. The lowest BCUT2D eigenvalue weighted by Crippen LogP contribution is -2.51. The Kier molecular flexibility index (Phi) is 4.04. The molecule has 0 unspecified atom stereocenters. The summed E-state index contributed by atoms with van der Waals surface area (Å²) in [4.78, 5) is 15.8. The van der Waals surface area contributed by atoms with Gasteiger partial charge in [-0.05, 0) is 31.6 Å². The van der Waals surface area contributed by atoms with Crippen LogP contribution < -0.4 is 10.6 Å². The summed E-state index contributed by atoms with van der Waals surface area (Å²) in [6.07, 6.45) is 4.05. The number of urea groups is 1. The molecule has 1 aliphatic carbocycles.